The van der Waals surface area contributed by atoms with Crippen molar-refractivity contribution in [3.8, 4) is 0 Å². The second-order valence-electron chi connectivity index (χ2n) is 4.82. The zero-order valence-corrected chi connectivity index (χ0v) is 12.6. The molecule has 1 N–H and O–H groups in total. The summed E-state index contributed by atoms with van der Waals surface area (Å²) in [5, 5.41) is 2.47. The third kappa shape index (κ3) is 3.78. The molecule has 0 spiro atoms. The highest BCUT2D eigenvalue weighted by Gasteiger charge is 2.27. The van der Waals surface area contributed by atoms with Crippen molar-refractivity contribution in [2.75, 3.05) is 38.1 Å². The molecule has 1 aliphatic heterocycles. The number of carbonyl (C=O) groups excluding carboxylic acids is 3. The van der Waals surface area contributed by atoms with E-state index in [4.69, 9.17) is 9.15 Å². The molecule has 0 atom stereocenters. The van der Waals surface area contributed by atoms with Gasteiger partial charge in [0, 0.05) is 39.2 Å². The molecule has 2 rings (SSSR count). The van der Waals surface area contributed by atoms with Gasteiger partial charge in [-0.2, -0.15) is 0 Å². The van der Waals surface area contributed by atoms with Crippen molar-refractivity contribution in [3.63, 3.8) is 0 Å². The van der Waals surface area contributed by atoms with Gasteiger partial charge in [0.15, 0.2) is 11.6 Å². The van der Waals surface area contributed by atoms with Crippen LogP contribution in [0.15, 0.2) is 16.5 Å². The van der Waals surface area contributed by atoms with E-state index in [0.717, 1.165) is 0 Å². The number of anilines is 1. The Balaban J connectivity index is 1.90. The van der Waals surface area contributed by atoms with E-state index < -0.39 is 0 Å². The fourth-order valence-corrected chi connectivity index (χ4v) is 2.16. The molecule has 1 aromatic heterocycles. The van der Waals surface area contributed by atoms with Crippen molar-refractivity contribution >= 4 is 23.8 Å². The number of ether oxygens (including phenoxy) is 1. The van der Waals surface area contributed by atoms with Gasteiger partial charge >= 0.3 is 6.09 Å². The minimum atomic E-state index is -0.361. The number of nitrogens with one attached hydrogen (secondary N) is 1. The summed E-state index contributed by atoms with van der Waals surface area (Å²) in [6.45, 7) is 5.10. The molecule has 0 radical (unpaired) electrons. The Bertz CT molecular complexity index is 561. The summed E-state index contributed by atoms with van der Waals surface area (Å²) in [5.74, 6) is -0.133. The van der Waals surface area contributed by atoms with Gasteiger partial charge in [-0.05, 0) is 13.0 Å². The molecule has 1 aromatic rings. The number of piperazine rings is 1. The van der Waals surface area contributed by atoms with E-state index in [-0.39, 0.29) is 29.6 Å². The lowest BCUT2D eigenvalue weighted by atomic mass is 10.3. The number of rotatable bonds is 3. The van der Waals surface area contributed by atoms with Crippen LogP contribution in [0.4, 0.5) is 10.7 Å². The van der Waals surface area contributed by atoms with Gasteiger partial charge in [-0.25, -0.2) is 4.79 Å². The minimum Gasteiger partial charge on any atom is -0.450 e. The average molecular weight is 309 g/mol. The molecule has 0 bridgehead atoms. The lowest BCUT2D eigenvalue weighted by Gasteiger charge is -2.33. The Labute approximate surface area is 128 Å². The molecular formula is C14H19N3O5. The first-order valence-corrected chi connectivity index (χ1v) is 7.09. The lowest BCUT2D eigenvalue weighted by Crippen LogP contribution is -2.50. The molecule has 1 fully saturated rings. The van der Waals surface area contributed by atoms with Gasteiger partial charge in [0.05, 0.1) is 6.61 Å². The fraction of sp³-hybridized carbons (Fsp3) is 0.500. The Hall–Kier alpha value is -2.51. The van der Waals surface area contributed by atoms with Crippen molar-refractivity contribution in [3.05, 3.63) is 17.9 Å². The van der Waals surface area contributed by atoms with E-state index in [1.807, 2.05) is 0 Å². The van der Waals surface area contributed by atoms with Gasteiger partial charge < -0.3 is 19.0 Å². The number of carbonyl (C=O) groups is 3. The Morgan fingerprint density at radius 3 is 2.41 bits per heavy atom. The molecule has 3 amide bonds. The van der Waals surface area contributed by atoms with Crippen LogP contribution in [0.5, 0.6) is 0 Å². The van der Waals surface area contributed by atoms with Crippen LogP contribution < -0.4 is 5.32 Å². The maximum Gasteiger partial charge on any atom is 0.409 e. The predicted molar refractivity (Wildman–Crippen MR) is 77.5 cm³/mol. The predicted octanol–water partition coefficient (Wildman–Crippen LogP) is 1.15. The Morgan fingerprint density at radius 2 is 1.82 bits per heavy atom. The van der Waals surface area contributed by atoms with Gasteiger partial charge in [-0.15, -0.1) is 0 Å². The van der Waals surface area contributed by atoms with E-state index in [1.165, 1.54) is 19.1 Å². The SMILES string of the molecule is CCOC(=O)N1CCN(C(=O)c2ccc(NC(C)=O)o2)CC1. The first-order chi connectivity index (χ1) is 10.5. The Morgan fingerprint density at radius 1 is 1.18 bits per heavy atom. The highest BCUT2D eigenvalue weighted by molar-refractivity contribution is 5.93. The third-order valence-corrected chi connectivity index (χ3v) is 3.21. The monoisotopic (exact) mass is 309 g/mol. The quantitative estimate of drug-likeness (QED) is 0.904. The van der Waals surface area contributed by atoms with Crippen molar-refractivity contribution in [2.45, 2.75) is 13.8 Å². The molecule has 0 aromatic carbocycles. The summed E-state index contributed by atoms with van der Waals surface area (Å²) in [6, 6.07) is 3.05. The van der Waals surface area contributed by atoms with E-state index in [2.05, 4.69) is 5.32 Å². The van der Waals surface area contributed by atoms with Crippen molar-refractivity contribution in [2.24, 2.45) is 0 Å². The third-order valence-electron chi connectivity index (χ3n) is 3.21. The summed E-state index contributed by atoms with van der Waals surface area (Å²) in [5.41, 5.74) is 0. The van der Waals surface area contributed by atoms with E-state index in [0.29, 0.717) is 32.8 Å². The normalized spacial score (nSPS) is 14.6. The van der Waals surface area contributed by atoms with Crippen molar-refractivity contribution in [1.29, 1.82) is 0 Å². The second-order valence-corrected chi connectivity index (χ2v) is 4.82. The number of nitrogens with zero attached hydrogens (tertiary/aromatic N) is 2. The molecule has 0 aliphatic carbocycles. The van der Waals surface area contributed by atoms with Crippen LogP contribution in [0, 0.1) is 0 Å². The second kappa shape index (κ2) is 6.97. The number of amides is 3. The van der Waals surface area contributed by atoms with Gasteiger partial charge in [-0.1, -0.05) is 0 Å². The van der Waals surface area contributed by atoms with Gasteiger partial charge in [0.1, 0.15) is 0 Å². The number of furan rings is 1. The summed E-state index contributed by atoms with van der Waals surface area (Å²) in [4.78, 5) is 38.0. The maximum atomic E-state index is 12.3. The van der Waals surface area contributed by atoms with Crippen LogP contribution in [0.2, 0.25) is 0 Å². The van der Waals surface area contributed by atoms with Crippen LogP contribution in [0.1, 0.15) is 24.4 Å². The van der Waals surface area contributed by atoms with Crippen molar-refractivity contribution < 1.29 is 23.5 Å². The molecular weight excluding hydrogens is 290 g/mol. The fourth-order valence-electron chi connectivity index (χ4n) is 2.16. The van der Waals surface area contributed by atoms with E-state index in [9.17, 15) is 14.4 Å². The topological polar surface area (TPSA) is 92.1 Å². The summed E-state index contributed by atoms with van der Waals surface area (Å²) in [6.07, 6.45) is -0.361. The maximum absolute atomic E-state index is 12.3. The lowest BCUT2D eigenvalue weighted by molar-refractivity contribution is -0.114. The average Bonchev–Trinajstić information content (AvgIpc) is 2.94. The zero-order valence-electron chi connectivity index (χ0n) is 12.6. The largest absolute Gasteiger partial charge is 0.450 e. The molecule has 1 saturated heterocycles. The summed E-state index contributed by atoms with van der Waals surface area (Å²) < 4.78 is 10.2. The highest BCUT2D eigenvalue weighted by atomic mass is 16.6. The van der Waals surface area contributed by atoms with Gasteiger partial charge in [0.25, 0.3) is 5.91 Å². The first-order valence-electron chi connectivity index (χ1n) is 7.09. The van der Waals surface area contributed by atoms with Crippen LogP contribution in [0.25, 0.3) is 0 Å². The standard InChI is InChI=1S/C14H19N3O5/c1-3-21-14(20)17-8-6-16(7-9-17)13(19)11-4-5-12(22-11)15-10(2)18/h4-5H,3,6-9H2,1-2H3,(H,15,18). The van der Waals surface area contributed by atoms with Crippen LogP contribution in [-0.4, -0.2) is 60.5 Å². The number of hydrogen-bond acceptors (Lipinski definition) is 5. The molecule has 0 saturated carbocycles. The minimum absolute atomic E-state index is 0.160. The first kappa shape index (κ1) is 15.9. The van der Waals surface area contributed by atoms with Gasteiger partial charge in [-0.3, -0.25) is 14.9 Å². The molecule has 2 heterocycles. The van der Waals surface area contributed by atoms with E-state index in [1.54, 1.807) is 16.7 Å². The molecule has 22 heavy (non-hydrogen) atoms. The molecule has 8 nitrogen and oxygen atoms in total. The molecule has 1 aliphatic rings. The number of hydrogen-bond donors (Lipinski definition) is 1. The van der Waals surface area contributed by atoms with E-state index >= 15 is 0 Å². The summed E-state index contributed by atoms with van der Waals surface area (Å²) in [7, 11) is 0. The highest BCUT2D eigenvalue weighted by Crippen LogP contribution is 2.16. The van der Waals surface area contributed by atoms with Gasteiger partial charge in [0.2, 0.25) is 5.91 Å². The van der Waals surface area contributed by atoms with Crippen LogP contribution in [0.3, 0.4) is 0 Å². The zero-order chi connectivity index (χ0) is 16.1. The van der Waals surface area contributed by atoms with Crippen LogP contribution >= 0.6 is 0 Å². The Kier molecular flexibility index (Phi) is 5.03. The summed E-state index contributed by atoms with van der Waals surface area (Å²) >= 11 is 0. The molecule has 8 heteroatoms. The smallest absolute Gasteiger partial charge is 0.409 e. The molecule has 0 unspecified atom stereocenters. The molecule has 120 valence electrons. The van der Waals surface area contributed by atoms with Crippen molar-refractivity contribution in [1.82, 2.24) is 9.80 Å². The van der Waals surface area contributed by atoms with Crippen LogP contribution in [-0.2, 0) is 9.53 Å².